The first-order valence-corrected chi connectivity index (χ1v) is 4.90. The zero-order chi connectivity index (χ0) is 9.84. The topological polar surface area (TPSA) is 60.2 Å². The molecule has 13 heavy (non-hydrogen) atoms. The highest BCUT2D eigenvalue weighted by Gasteiger charge is 2.29. The molecule has 74 valence electrons. The Morgan fingerprint density at radius 3 is 2.46 bits per heavy atom. The summed E-state index contributed by atoms with van der Waals surface area (Å²) in [6, 6.07) is 0. The zero-order valence-corrected chi connectivity index (χ0v) is 8.08. The van der Waals surface area contributed by atoms with Gasteiger partial charge in [0.05, 0.1) is 0 Å². The van der Waals surface area contributed by atoms with E-state index >= 15 is 0 Å². The second kappa shape index (κ2) is 4.40. The maximum atomic E-state index is 11.1. The molecule has 1 amide bonds. The van der Waals surface area contributed by atoms with Crippen molar-refractivity contribution < 1.29 is 9.59 Å². The molecule has 3 heteroatoms. The van der Waals surface area contributed by atoms with E-state index < -0.39 is 0 Å². The van der Waals surface area contributed by atoms with Crippen molar-refractivity contribution in [3.8, 4) is 0 Å². The molecule has 0 spiro atoms. The summed E-state index contributed by atoms with van der Waals surface area (Å²) in [5, 5.41) is 0. The molecule has 0 aromatic rings. The van der Waals surface area contributed by atoms with Gasteiger partial charge in [0.25, 0.3) is 0 Å². The van der Waals surface area contributed by atoms with Gasteiger partial charge in [0.2, 0.25) is 5.91 Å². The van der Waals surface area contributed by atoms with Crippen molar-refractivity contribution in [3.63, 3.8) is 0 Å². The van der Waals surface area contributed by atoms with Gasteiger partial charge in [0.15, 0.2) is 0 Å². The molecule has 1 saturated carbocycles. The summed E-state index contributed by atoms with van der Waals surface area (Å²) in [6.45, 7) is 1.58. The first-order chi connectivity index (χ1) is 6.11. The number of amides is 1. The van der Waals surface area contributed by atoms with Gasteiger partial charge in [-0.1, -0.05) is 12.8 Å². The summed E-state index contributed by atoms with van der Waals surface area (Å²) in [4.78, 5) is 22.0. The molecule has 1 aliphatic carbocycles. The number of nitrogens with two attached hydrogens (primary N) is 1. The number of carbonyl (C=O) groups excluding carboxylic acids is 2. The van der Waals surface area contributed by atoms with E-state index in [0.717, 1.165) is 25.7 Å². The Balaban J connectivity index is 2.56. The third kappa shape index (κ3) is 2.83. The second-order valence-corrected chi connectivity index (χ2v) is 3.96. The van der Waals surface area contributed by atoms with Crippen molar-refractivity contribution >= 4 is 11.7 Å². The molecular weight excluding hydrogens is 166 g/mol. The van der Waals surface area contributed by atoms with Crippen LogP contribution in [0, 0.1) is 11.8 Å². The lowest BCUT2D eigenvalue weighted by Crippen LogP contribution is -2.33. The summed E-state index contributed by atoms with van der Waals surface area (Å²) in [5.74, 6) is 0.0884. The normalized spacial score (nSPS) is 28.4. The average Bonchev–Trinajstić information content (AvgIpc) is 2.03. The zero-order valence-electron chi connectivity index (χ0n) is 8.08. The van der Waals surface area contributed by atoms with E-state index in [4.69, 9.17) is 5.73 Å². The minimum atomic E-state index is -0.231. The highest BCUT2D eigenvalue weighted by Crippen LogP contribution is 2.32. The van der Waals surface area contributed by atoms with Crippen molar-refractivity contribution in [2.45, 2.75) is 39.0 Å². The Labute approximate surface area is 78.7 Å². The van der Waals surface area contributed by atoms with Crippen LogP contribution in [0.4, 0.5) is 0 Å². The van der Waals surface area contributed by atoms with Crippen LogP contribution in [0.1, 0.15) is 39.0 Å². The maximum absolute atomic E-state index is 11.1. The van der Waals surface area contributed by atoms with Gasteiger partial charge in [0.1, 0.15) is 5.78 Å². The molecular formula is C10H17NO2. The summed E-state index contributed by atoms with van der Waals surface area (Å²) >= 11 is 0. The molecule has 0 radical (unpaired) electrons. The van der Waals surface area contributed by atoms with Crippen LogP contribution >= 0.6 is 0 Å². The fourth-order valence-electron chi connectivity index (χ4n) is 2.20. The van der Waals surface area contributed by atoms with Crippen LogP contribution < -0.4 is 5.73 Å². The lowest BCUT2D eigenvalue weighted by molar-refractivity contribution is -0.125. The molecule has 0 aromatic carbocycles. The van der Waals surface area contributed by atoms with Crippen LogP contribution in [0.25, 0.3) is 0 Å². The highest BCUT2D eigenvalue weighted by atomic mass is 16.1. The quantitative estimate of drug-likeness (QED) is 0.716. The van der Waals surface area contributed by atoms with Crippen LogP contribution in [0.2, 0.25) is 0 Å². The second-order valence-electron chi connectivity index (χ2n) is 3.96. The third-order valence-electron chi connectivity index (χ3n) is 2.82. The van der Waals surface area contributed by atoms with Crippen molar-refractivity contribution in [2.24, 2.45) is 17.6 Å². The van der Waals surface area contributed by atoms with Gasteiger partial charge in [-0.25, -0.2) is 0 Å². The predicted octanol–water partition coefficient (Wildman–Crippen LogP) is 1.26. The third-order valence-corrected chi connectivity index (χ3v) is 2.82. The number of Topliss-reactive ketones (excluding diaryl/α,β-unsaturated/α-hetero) is 1. The number of rotatable bonds is 3. The first kappa shape index (κ1) is 10.2. The molecule has 0 bridgehead atoms. The van der Waals surface area contributed by atoms with Crippen LogP contribution in [0.15, 0.2) is 0 Å². The number of ketones is 1. The Hall–Kier alpha value is -0.860. The van der Waals surface area contributed by atoms with E-state index in [2.05, 4.69) is 0 Å². The number of hydrogen-bond acceptors (Lipinski definition) is 2. The molecule has 0 aromatic heterocycles. The van der Waals surface area contributed by atoms with Gasteiger partial charge in [-0.05, 0) is 25.7 Å². The lowest BCUT2D eigenvalue weighted by atomic mass is 9.76. The van der Waals surface area contributed by atoms with Gasteiger partial charge in [-0.2, -0.15) is 0 Å². The molecule has 3 nitrogen and oxygen atoms in total. The fraction of sp³-hybridized carbons (Fsp3) is 0.800. The maximum Gasteiger partial charge on any atom is 0.220 e. The standard InChI is InChI=1S/C10H17NO2/c1-7(12)6-8-4-2-3-5-9(8)10(11)13/h8-9H,2-6H2,1H3,(H2,11,13). The van der Waals surface area contributed by atoms with Crippen molar-refractivity contribution in [2.75, 3.05) is 0 Å². The summed E-state index contributed by atoms with van der Waals surface area (Å²) in [5.41, 5.74) is 5.28. The van der Waals surface area contributed by atoms with Crippen LogP contribution in [0.3, 0.4) is 0 Å². The van der Waals surface area contributed by atoms with Crippen molar-refractivity contribution in [3.05, 3.63) is 0 Å². The molecule has 1 aliphatic rings. The molecule has 0 aliphatic heterocycles. The monoisotopic (exact) mass is 183 g/mol. The lowest BCUT2D eigenvalue weighted by Gasteiger charge is -2.28. The van der Waals surface area contributed by atoms with Crippen LogP contribution in [-0.2, 0) is 9.59 Å². The summed E-state index contributed by atoms with van der Waals surface area (Å²) in [6.07, 6.45) is 4.57. The van der Waals surface area contributed by atoms with Gasteiger partial charge in [-0.15, -0.1) is 0 Å². The Morgan fingerprint density at radius 2 is 1.92 bits per heavy atom. The molecule has 1 rings (SSSR count). The van der Waals surface area contributed by atoms with Crippen molar-refractivity contribution in [1.29, 1.82) is 0 Å². The Kier molecular flexibility index (Phi) is 3.46. The van der Waals surface area contributed by atoms with E-state index in [1.807, 2.05) is 0 Å². The van der Waals surface area contributed by atoms with Crippen molar-refractivity contribution in [1.82, 2.24) is 0 Å². The largest absolute Gasteiger partial charge is 0.369 e. The Morgan fingerprint density at radius 1 is 1.31 bits per heavy atom. The smallest absolute Gasteiger partial charge is 0.220 e. The minimum absolute atomic E-state index is 0.0577. The van der Waals surface area contributed by atoms with E-state index in [1.165, 1.54) is 0 Å². The fourth-order valence-corrected chi connectivity index (χ4v) is 2.20. The highest BCUT2D eigenvalue weighted by molar-refractivity contribution is 5.80. The van der Waals surface area contributed by atoms with Crippen LogP contribution in [0.5, 0.6) is 0 Å². The molecule has 0 heterocycles. The van der Waals surface area contributed by atoms with Gasteiger partial charge < -0.3 is 10.5 Å². The molecule has 0 saturated heterocycles. The minimum Gasteiger partial charge on any atom is -0.369 e. The average molecular weight is 183 g/mol. The molecule has 2 unspecified atom stereocenters. The molecule has 1 fully saturated rings. The van der Waals surface area contributed by atoms with Gasteiger partial charge in [0, 0.05) is 12.3 Å². The van der Waals surface area contributed by atoms with Gasteiger partial charge in [-0.3, -0.25) is 4.79 Å². The van der Waals surface area contributed by atoms with Crippen LogP contribution in [-0.4, -0.2) is 11.7 Å². The summed E-state index contributed by atoms with van der Waals surface area (Å²) < 4.78 is 0. The van der Waals surface area contributed by atoms with E-state index in [0.29, 0.717) is 6.42 Å². The number of carbonyl (C=O) groups is 2. The summed E-state index contributed by atoms with van der Waals surface area (Å²) in [7, 11) is 0. The predicted molar refractivity (Wildman–Crippen MR) is 49.9 cm³/mol. The van der Waals surface area contributed by atoms with Gasteiger partial charge >= 0.3 is 0 Å². The van der Waals surface area contributed by atoms with E-state index in [1.54, 1.807) is 6.92 Å². The first-order valence-electron chi connectivity index (χ1n) is 4.90. The molecule has 2 N–H and O–H groups in total. The number of hydrogen-bond donors (Lipinski definition) is 1. The SMILES string of the molecule is CC(=O)CC1CCCCC1C(N)=O. The Bertz CT molecular complexity index is 213. The van der Waals surface area contributed by atoms with E-state index in [-0.39, 0.29) is 23.5 Å². The molecule has 2 atom stereocenters. The van der Waals surface area contributed by atoms with E-state index in [9.17, 15) is 9.59 Å². The number of primary amides is 1.